The van der Waals surface area contributed by atoms with E-state index < -0.39 is 5.97 Å². The predicted molar refractivity (Wildman–Crippen MR) is 96.1 cm³/mol. The Balaban J connectivity index is 1.67. The topological polar surface area (TPSA) is 76.0 Å². The number of ether oxygens (including phenoxy) is 2. The number of rotatable bonds is 6. The molecule has 0 heterocycles. The summed E-state index contributed by atoms with van der Waals surface area (Å²) in [7, 11) is 0. The lowest BCUT2D eigenvalue weighted by Gasteiger charge is -2.12. The van der Waals surface area contributed by atoms with E-state index in [4.69, 9.17) is 9.47 Å². The smallest absolute Gasteiger partial charge is 0.338 e. The Bertz CT molecular complexity index is 852. The van der Waals surface area contributed by atoms with Crippen LogP contribution in [-0.2, 0) is 18.0 Å². The molecule has 0 saturated carbocycles. The Morgan fingerprint density at radius 2 is 1.27 bits per heavy atom. The largest absolute Gasteiger partial charge is 0.504 e. The van der Waals surface area contributed by atoms with Gasteiger partial charge in [0.1, 0.15) is 13.2 Å². The molecule has 0 aliphatic rings. The molecule has 2 N–H and O–H groups in total. The van der Waals surface area contributed by atoms with Crippen molar-refractivity contribution in [3.8, 4) is 17.2 Å². The van der Waals surface area contributed by atoms with Gasteiger partial charge < -0.3 is 19.7 Å². The molecule has 3 rings (SSSR count). The molecule has 132 valence electrons. The molecule has 5 nitrogen and oxygen atoms in total. The van der Waals surface area contributed by atoms with E-state index in [0.29, 0.717) is 0 Å². The highest BCUT2D eigenvalue weighted by Gasteiger charge is 2.16. The van der Waals surface area contributed by atoms with Crippen LogP contribution in [-0.4, -0.2) is 16.2 Å². The molecule has 0 unspecified atom stereocenters. The minimum Gasteiger partial charge on any atom is -0.504 e. The van der Waals surface area contributed by atoms with Gasteiger partial charge in [-0.15, -0.1) is 0 Å². The van der Waals surface area contributed by atoms with Gasteiger partial charge in [-0.2, -0.15) is 0 Å². The Morgan fingerprint density at radius 1 is 0.769 bits per heavy atom. The number of esters is 1. The van der Waals surface area contributed by atoms with Crippen molar-refractivity contribution in [2.45, 2.75) is 13.2 Å². The zero-order valence-corrected chi connectivity index (χ0v) is 14.0. The summed E-state index contributed by atoms with van der Waals surface area (Å²) in [6, 6.07) is 21.0. The first-order chi connectivity index (χ1) is 12.6. The third-order valence-electron chi connectivity index (χ3n) is 3.72. The van der Waals surface area contributed by atoms with Crippen LogP contribution >= 0.6 is 0 Å². The number of phenolic OH excluding ortho intramolecular Hbond substituents is 2. The van der Waals surface area contributed by atoms with E-state index >= 15 is 0 Å². The minimum absolute atomic E-state index is 0.0444. The van der Waals surface area contributed by atoms with Crippen LogP contribution in [0.25, 0.3) is 0 Å². The van der Waals surface area contributed by atoms with Gasteiger partial charge in [-0.05, 0) is 23.3 Å². The second-order valence-electron chi connectivity index (χ2n) is 5.68. The minimum atomic E-state index is -0.644. The number of carbonyl (C=O) groups excluding carboxylic acids is 1. The van der Waals surface area contributed by atoms with Gasteiger partial charge in [0.05, 0.1) is 5.56 Å². The maximum Gasteiger partial charge on any atom is 0.338 e. The highest BCUT2D eigenvalue weighted by molar-refractivity contribution is 5.91. The molecule has 0 bridgehead atoms. The second kappa shape index (κ2) is 8.07. The average Bonchev–Trinajstić information content (AvgIpc) is 2.67. The van der Waals surface area contributed by atoms with E-state index in [0.717, 1.165) is 11.1 Å². The van der Waals surface area contributed by atoms with Gasteiger partial charge in [0.2, 0.25) is 5.75 Å². The fraction of sp³-hybridized carbons (Fsp3) is 0.0952. The number of hydrogen-bond donors (Lipinski definition) is 2. The van der Waals surface area contributed by atoms with Crippen molar-refractivity contribution in [1.82, 2.24) is 0 Å². The first-order valence-corrected chi connectivity index (χ1v) is 8.07. The van der Waals surface area contributed by atoms with E-state index in [-0.39, 0.29) is 36.0 Å². The van der Waals surface area contributed by atoms with Crippen molar-refractivity contribution in [2.75, 3.05) is 0 Å². The van der Waals surface area contributed by atoms with Crippen molar-refractivity contribution in [3.63, 3.8) is 0 Å². The molecule has 0 aliphatic heterocycles. The van der Waals surface area contributed by atoms with Crippen LogP contribution in [0.4, 0.5) is 0 Å². The predicted octanol–water partition coefficient (Wildman–Crippen LogP) is 4.03. The quantitative estimate of drug-likeness (QED) is 0.656. The summed E-state index contributed by atoms with van der Waals surface area (Å²) >= 11 is 0. The lowest BCUT2D eigenvalue weighted by Crippen LogP contribution is -2.05. The summed E-state index contributed by atoms with van der Waals surface area (Å²) in [6.07, 6.45) is 0. The van der Waals surface area contributed by atoms with Crippen LogP contribution in [0.5, 0.6) is 17.2 Å². The van der Waals surface area contributed by atoms with Crippen LogP contribution in [0.1, 0.15) is 21.5 Å². The lowest BCUT2D eigenvalue weighted by atomic mass is 10.2. The summed E-state index contributed by atoms with van der Waals surface area (Å²) in [6.45, 7) is 0.285. The highest BCUT2D eigenvalue weighted by atomic mass is 16.5. The van der Waals surface area contributed by atoms with Gasteiger partial charge in [-0.25, -0.2) is 4.79 Å². The maximum atomic E-state index is 12.1. The average molecular weight is 350 g/mol. The van der Waals surface area contributed by atoms with Crippen LogP contribution in [0, 0.1) is 0 Å². The Hall–Kier alpha value is -3.47. The summed E-state index contributed by atoms with van der Waals surface area (Å²) in [5.74, 6) is -1.37. The normalized spacial score (nSPS) is 10.3. The van der Waals surface area contributed by atoms with Crippen LogP contribution in [0.15, 0.2) is 72.8 Å². The number of carbonyl (C=O) groups is 1. The molecule has 0 atom stereocenters. The molecule has 26 heavy (non-hydrogen) atoms. The molecular weight excluding hydrogens is 332 g/mol. The monoisotopic (exact) mass is 350 g/mol. The molecule has 5 heteroatoms. The molecule has 0 spiro atoms. The molecule has 0 aliphatic carbocycles. The van der Waals surface area contributed by atoms with Gasteiger partial charge in [0, 0.05) is 0 Å². The van der Waals surface area contributed by atoms with E-state index in [1.807, 2.05) is 60.7 Å². The molecule has 0 saturated heterocycles. The fourth-order valence-electron chi connectivity index (χ4n) is 2.40. The van der Waals surface area contributed by atoms with Crippen LogP contribution in [0.2, 0.25) is 0 Å². The van der Waals surface area contributed by atoms with Gasteiger partial charge in [-0.1, -0.05) is 60.7 Å². The second-order valence-corrected chi connectivity index (χ2v) is 5.68. The van der Waals surface area contributed by atoms with E-state index in [1.165, 1.54) is 12.1 Å². The molecule has 3 aromatic carbocycles. The Morgan fingerprint density at radius 3 is 1.81 bits per heavy atom. The summed E-state index contributed by atoms with van der Waals surface area (Å²) in [5, 5.41) is 20.2. The molecule has 0 radical (unpaired) electrons. The third kappa shape index (κ3) is 4.33. The van der Waals surface area contributed by atoms with E-state index in [2.05, 4.69) is 0 Å². The van der Waals surface area contributed by atoms with Crippen molar-refractivity contribution in [3.05, 3.63) is 89.5 Å². The number of hydrogen-bond acceptors (Lipinski definition) is 5. The molecule has 0 fully saturated rings. The van der Waals surface area contributed by atoms with Gasteiger partial charge in [0.15, 0.2) is 11.5 Å². The molecular formula is C21H18O5. The highest BCUT2D eigenvalue weighted by Crippen LogP contribution is 2.37. The van der Waals surface area contributed by atoms with Crippen molar-refractivity contribution >= 4 is 5.97 Å². The summed E-state index contributed by atoms with van der Waals surface area (Å²) in [5.41, 5.74) is 1.78. The van der Waals surface area contributed by atoms with E-state index in [1.54, 1.807) is 0 Å². The first-order valence-electron chi connectivity index (χ1n) is 8.07. The Labute approximate surface area is 151 Å². The van der Waals surface area contributed by atoms with E-state index in [9.17, 15) is 15.0 Å². The lowest BCUT2D eigenvalue weighted by molar-refractivity contribution is 0.0471. The zero-order valence-electron chi connectivity index (χ0n) is 14.0. The van der Waals surface area contributed by atoms with Crippen molar-refractivity contribution in [1.29, 1.82) is 0 Å². The van der Waals surface area contributed by atoms with Crippen LogP contribution in [0.3, 0.4) is 0 Å². The standard InChI is InChI=1S/C21H18O5/c22-18-11-17(21(24)26-14-16-9-5-2-6-10-16)12-19(23)20(18)25-13-15-7-3-1-4-8-15/h1-12,22-23H,13-14H2. The molecule has 0 aromatic heterocycles. The number of phenols is 2. The van der Waals surface area contributed by atoms with Gasteiger partial charge in [0.25, 0.3) is 0 Å². The first kappa shape index (κ1) is 17.4. The van der Waals surface area contributed by atoms with Crippen molar-refractivity contribution < 1.29 is 24.5 Å². The van der Waals surface area contributed by atoms with Gasteiger partial charge >= 0.3 is 5.97 Å². The van der Waals surface area contributed by atoms with Gasteiger partial charge in [-0.3, -0.25) is 0 Å². The summed E-state index contributed by atoms with van der Waals surface area (Å²) < 4.78 is 10.7. The summed E-state index contributed by atoms with van der Waals surface area (Å²) in [4.78, 5) is 12.1. The maximum absolute atomic E-state index is 12.1. The molecule has 3 aromatic rings. The fourth-order valence-corrected chi connectivity index (χ4v) is 2.40. The zero-order chi connectivity index (χ0) is 18.4. The SMILES string of the molecule is O=C(OCc1ccccc1)c1cc(O)c(OCc2ccccc2)c(O)c1. The molecule has 0 amide bonds. The number of benzene rings is 3. The van der Waals surface area contributed by atoms with Crippen LogP contribution < -0.4 is 4.74 Å². The Kier molecular flexibility index (Phi) is 5.39. The van der Waals surface area contributed by atoms with Crippen molar-refractivity contribution in [2.24, 2.45) is 0 Å². The third-order valence-corrected chi connectivity index (χ3v) is 3.72. The number of aromatic hydroxyl groups is 2.